The minimum atomic E-state index is -0.320. The van der Waals surface area contributed by atoms with E-state index < -0.39 is 0 Å². The molecule has 1 saturated heterocycles. The molecular weight excluding hydrogens is 234 g/mol. The fraction of sp³-hybridized carbons (Fsp3) is 0.500. The van der Waals surface area contributed by atoms with E-state index in [0.29, 0.717) is 24.5 Å². The van der Waals surface area contributed by atoms with Crippen LogP contribution in [0, 0.1) is 0 Å². The predicted molar refractivity (Wildman–Crippen MR) is 66.0 cm³/mol. The Morgan fingerprint density at radius 2 is 2.44 bits per heavy atom. The molecule has 1 fully saturated rings. The minimum absolute atomic E-state index is 0.0281. The van der Waals surface area contributed by atoms with Crippen molar-refractivity contribution < 1.29 is 14.6 Å². The van der Waals surface area contributed by atoms with Gasteiger partial charge in [0.15, 0.2) is 0 Å². The lowest BCUT2D eigenvalue weighted by Crippen LogP contribution is -2.52. The maximum atomic E-state index is 12.3. The summed E-state index contributed by atoms with van der Waals surface area (Å²) < 4.78 is 5.39. The van der Waals surface area contributed by atoms with Crippen LogP contribution in [0.4, 0.5) is 5.69 Å². The van der Waals surface area contributed by atoms with Crippen molar-refractivity contribution in [2.45, 2.75) is 19.1 Å². The number of aliphatic hydroxyl groups is 1. The van der Waals surface area contributed by atoms with Crippen molar-refractivity contribution in [3.63, 3.8) is 0 Å². The number of hydrogen-bond acceptors (Lipinski definition) is 5. The first-order valence-corrected chi connectivity index (χ1v) is 5.86. The third-order valence-corrected chi connectivity index (χ3v) is 2.98. The Hall–Kier alpha value is -1.66. The molecule has 0 saturated carbocycles. The molecule has 2 heterocycles. The van der Waals surface area contributed by atoms with Crippen molar-refractivity contribution in [1.29, 1.82) is 0 Å². The van der Waals surface area contributed by atoms with Gasteiger partial charge < -0.3 is 20.5 Å². The number of amides is 1. The Balaban J connectivity index is 2.13. The van der Waals surface area contributed by atoms with E-state index in [0.717, 1.165) is 0 Å². The van der Waals surface area contributed by atoms with Gasteiger partial charge in [0.2, 0.25) is 0 Å². The van der Waals surface area contributed by atoms with Crippen LogP contribution in [0.25, 0.3) is 0 Å². The summed E-state index contributed by atoms with van der Waals surface area (Å²) in [5.41, 5.74) is 6.41. The van der Waals surface area contributed by atoms with Crippen molar-refractivity contribution in [1.82, 2.24) is 9.88 Å². The smallest absolute Gasteiger partial charge is 0.272 e. The summed E-state index contributed by atoms with van der Waals surface area (Å²) in [6.07, 6.45) is 1.14. The van der Waals surface area contributed by atoms with E-state index in [-0.39, 0.29) is 24.7 Å². The molecule has 1 aliphatic rings. The Morgan fingerprint density at radius 3 is 3.06 bits per heavy atom. The monoisotopic (exact) mass is 251 g/mol. The zero-order valence-corrected chi connectivity index (χ0v) is 10.2. The van der Waals surface area contributed by atoms with Gasteiger partial charge in [0.05, 0.1) is 37.2 Å². The molecule has 0 radical (unpaired) electrons. The number of aromatic nitrogens is 1. The zero-order valence-electron chi connectivity index (χ0n) is 10.2. The second-order valence-corrected chi connectivity index (χ2v) is 4.42. The summed E-state index contributed by atoms with van der Waals surface area (Å²) in [6, 6.07) is 3.22. The van der Waals surface area contributed by atoms with Crippen molar-refractivity contribution in [2.24, 2.45) is 0 Å². The molecule has 98 valence electrons. The second-order valence-electron chi connectivity index (χ2n) is 4.42. The molecule has 0 bridgehead atoms. The first-order valence-electron chi connectivity index (χ1n) is 5.86. The predicted octanol–water partition coefficient (Wildman–Crippen LogP) is -0.114. The topological polar surface area (TPSA) is 88.7 Å². The van der Waals surface area contributed by atoms with Gasteiger partial charge in [-0.05, 0) is 19.1 Å². The molecule has 1 aromatic heterocycles. The van der Waals surface area contributed by atoms with Crippen LogP contribution in [0.5, 0.6) is 0 Å². The van der Waals surface area contributed by atoms with Crippen molar-refractivity contribution in [2.75, 3.05) is 25.5 Å². The number of anilines is 1. The van der Waals surface area contributed by atoms with Crippen LogP contribution in [0.15, 0.2) is 18.3 Å². The highest BCUT2D eigenvalue weighted by atomic mass is 16.5. The van der Waals surface area contributed by atoms with Gasteiger partial charge in [0, 0.05) is 6.54 Å². The molecule has 0 aromatic carbocycles. The molecule has 3 N–H and O–H groups in total. The normalized spacial score (nSPS) is 24.0. The highest BCUT2D eigenvalue weighted by Gasteiger charge is 2.30. The van der Waals surface area contributed by atoms with Crippen LogP contribution >= 0.6 is 0 Å². The Kier molecular flexibility index (Phi) is 3.78. The molecule has 0 spiro atoms. The maximum Gasteiger partial charge on any atom is 0.272 e. The van der Waals surface area contributed by atoms with Gasteiger partial charge in [-0.25, -0.2) is 4.98 Å². The molecule has 2 rings (SSSR count). The number of carbonyl (C=O) groups excluding carboxylic acids is 1. The number of ether oxygens (including phenoxy) is 1. The summed E-state index contributed by atoms with van der Waals surface area (Å²) in [5.74, 6) is -0.163. The molecule has 18 heavy (non-hydrogen) atoms. The first-order chi connectivity index (χ1) is 8.61. The molecule has 6 nitrogen and oxygen atoms in total. The Morgan fingerprint density at radius 1 is 1.67 bits per heavy atom. The quantitative estimate of drug-likeness (QED) is 0.765. The van der Waals surface area contributed by atoms with E-state index in [1.165, 1.54) is 6.20 Å². The van der Waals surface area contributed by atoms with Gasteiger partial charge >= 0.3 is 0 Å². The number of aliphatic hydroxyl groups excluding tert-OH is 1. The van der Waals surface area contributed by atoms with Gasteiger partial charge in [0.1, 0.15) is 5.69 Å². The number of pyridine rings is 1. The van der Waals surface area contributed by atoms with Crippen LogP contribution in [0.1, 0.15) is 17.4 Å². The van der Waals surface area contributed by atoms with E-state index in [4.69, 9.17) is 15.6 Å². The van der Waals surface area contributed by atoms with E-state index in [9.17, 15) is 4.79 Å². The average Bonchev–Trinajstić information content (AvgIpc) is 2.39. The van der Waals surface area contributed by atoms with E-state index in [1.807, 2.05) is 6.92 Å². The summed E-state index contributed by atoms with van der Waals surface area (Å²) in [6.45, 7) is 2.61. The second kappa shape index (κ2) is 5.32. The fourth-order valence-electron chi connectivity index (χ4n) is 1.89. The van der Waals surface area contributed by atoms with Crippen LogP contribution in [0.2, 0.25) is 0 Å². The third kappa shape index (κ3) is 2.60. The molecule has 1 amide bonds. The Labute approximate surface area is 105 Å². The lowest BCUT2D eigenvalue weighted by Gasteiger charge is -2.37. The van der Waals surface area contributed by atoms with E-state index in [2.05, 4.69) is 4.98 Å². The van der Waals surface area contributed by atoms with Crippen LogP contribution in [-0.4, -0.2) is 52.8 Å². The van der Waals surface area contributed by atoms with Crippen LogP contribution in [-0.2, 0) is 4.74 Å². The molecule has 0 aliphatic carbocycles. The van der Waals surface area contributed by atoms with Gasteiger partial charge in [0.25, 0.3) is 5.91 Å². The number of carbonyl (C=O) groups is 1. The number of nitrogens with two attached hydrogens (primary N) is 1. The van der Waals surface area contributed by atoms with Crippen molar-refractivity contribution in [3.05, 3.63) is 24.0 Å². The largest absolute Gasteiger partial charge is 0.397 e. The maximum absolute atomic E-state index is 12.3. The van der Waals surface area contributed by atoms with Crippen molar-refractivity contribution >= 4 is 11.6 Å². The van der Waals surface area contributed by atoms with Crippen LogP contribution in [0.3, 0.4) is 0 Å². The molecular formula is C12H17N3O3. The summed E-state index contributed by atoms with van der Waals surface area (Å²) in [5, 5.41) is 9.09. The lowest BCUT2D eigenvalue weighted by molar-refractivity contribution is -0.0668. The fourth-order valence-corrected chi connectivity index (χ4v) is 1.89. The number of rotatable bonds is 2. The van der Waals surface area contributed by atoms with Crippen LogP contribution < -0.4 is 5.73 Å². The zero-order chi connectivity index (χ0) is 13.1. The average molecular weight is 251 g/mol. The molecule has 1 aliphatic heterocycles. The summed E-state index contributed by atoms with van der Waals surface area (Å²) in [7, 11) is 0. The minimum Gasteiger partial charge on any atom is -0.397 e. The molecule has 2 unspecified atom stereocenters. The van der Waals surface area contributed by atoms with Gasteiger partial charge in [-0.1, -0.05) is 0 Å². The Bertz CT molecular complexity index is 421. The lowest BCUT2D eigenvalue weighted by atomic mass is 10.1. The first kappa shape index (κ1) is 12.8. The number of nitrogen functional groups attached to an aromatic ring is 1. The summed E-state index contributed by atoms with van der Waals surface area (Å²) >= 11 is 0. The summed E-state index contributed by atoms with van der Waals surface area (Å²) in [4.78, 5) is 18.0. The van der Waals surface area contributed by atoms with Crippen molar-refractivity contribution in [3.8, 4) is 0 Å². The number of hydrogen-bond donors (Lipinski definition) is 2. The molecule has 2 atom stereocenters. The highest BCUT2D eigenvalue weighted by Crippen LogP contribution is 2.15. The van der Waals surface area contributed by atoms with Gasteiger partial charge in [-0.2, -0.15) is 0 Å². The molecule has 1 aromatic rings. The third-order valence-electron chi connectivity index (χ3n) is 2.98. The molecule has 6 heteroatoms. The number of morpholine rings is 1. The number of nitrogens with zero attached hydrogens (tertiary/aromatic N) is 2. The van der Waals surface area contributed by atoms with E-state index >= 15 is 0 Å². The standard InChI is InChI=1S/C12H17N3O3/c1-8-7-18-10(6-16)5-15(8)12(17)11-3-2-9(13)4-14-11/h2-4,8,10,16H,5-7,13H2,1H3. The van der Waals surface area contributed by atoms with E-state index in [1.54, 1.807) is 17.0 Å². The SMILES string of the molecule is CC1COC(CO)CN1C(=O)c1ccc(N)cn1. The van der Waals surface area contributed by atoms with Gasteiger partial charge in [-0.3, -0.25) is 4.79 Å². The highest BCUT2D eigenvalue weighted by molar-refractivity contribution is 5.92. The van der Waals surface area contributed by atoms with Gasteiger partial charge in [-0.15, -0.1) is 0 Å².